The molecule has 2 aromatic carbocycles. The molecule has 25 heavy (non-hydrogen) atoms. The van der Waals surface area contributed by atoms with Crippen LogP contribution in [0.25, 0.3) is 0 Å². The van der Waals surface area contributed by atoms with Gasteiger partial charge in [-0.1, -0.05) is 48.5 Å². The predicted octanol–water partition coefficient (Wildman–Crippen LogP) is 3.62. The molecule has 1 N–H and O–H groups in total. The molecule has 0 aliphatic heterocycles. The highest BCUT2D eigenvalue weighted by Crippen LogP contribution is 2.19. The summed E-state index contributed by atoms with van der Waals surface area (Å²) in [4.78, 5) is 30.8. The van der Waals surface area contributed by atoms with Crippen LogP contribution in [0.2, 0.25) is 0 Å². The number of anilines is 2. The van der Waals surface area contributed by atoms with Crippen LogP contribution in [-0.2, 0) is 16.1 Å². The van der Waals surface area contributed by atoms with Crippen molar-refractivity contribution in [2.45, 2.75) is 13.5 Å². The third-order valence-corrected chi connectivity index (χ3v) is 4.41. The highest BCUT2D eigenvalue weighted by molar-refractivity contribution is 7.14. The lowest BCUT2D eigenvalue weighted by atomic mass is 10.2. The van der Waals surface area contributed by atoms with Crippen LogP contribution < -0.4 is 10.2 Å². The molecule has 126 valence electrons. The number of aryl methyl sites for hydroxylation is 1. The second-order valence-electron chi connectivity index (χ2n) is 5.46. The van der Waals surface area contributed by atoms with Gasteiger partial charge in [0.05, 0.1) is 12.2 Å². The molecule has 0 atom stereocenters. The molecule has 0 saturated carbocycles. The summed E-state index contributed by atoms with van der Waals surface area (Å²) in [7, 11) is 0. The first kappa shape index (κ1) is 16.9. The van der Waals surface area contributed by atoms with Gasteiger partial charge < -0.3 is 0 Å². The first-order chi connectivity index (χ1) is 12.1. The highest BCUT2D eigenvalue weighted by atomic mass is 32.1. The van der Waals surface area contributed by atoms with Crippen LogP contribution in [0, 0.1) is 6.92 Å². The molecular weight excluding hydrogens is 334 g/mol. The van der Waals surface area contributed by atoms with Crippen LogP contribution in [0.1, 0.15) is 11.3 Å². The molecule has 3 rings (SSSR count). The van der Waals surface area contributed by atoms with Crippen LogP contribution in [-0.4, -0.2) is 16.8 Å². The normalized spacial score (nSPS) is 10.3. The van der Waals surface area contributed by atoms with Gasteiger partial charge in [0.2, 0.25) is 0 Å². The minimum Gasteiger partial charge on any atom is -0.300 e. The molecule has 1 aromatic heterocycles. The lowest BCUT2D eigenvalue weighted by molar-refractivity contribution is -0.134. The van der Waals surface area contributed by atoms with Crippen LogP contribution in [0.4, 0.5) is 10.8 Å². The topological polar surface area (TPSA) is 62.3 Å². The Morgan fingerprint density at radius 2 is 1.68 bits per heavy atom. The molecule has 5 nitrogen and oxygen atoms in total. The SMILES string of the molecule is Cc1csc(NC(=O)C(=O)N(Cc2ccccc2)c2ccccc2)n1. The quantitative estimate of drug-likeness (QED) is 0.730. The zero-order valence-electron chi connectivity index (χ0n) is 13.7. The first-order valence-electron chi connectivity index (χ1n) is 7.77. The fraction of sp³-hybridized carbons (Fsp3) is 0.105. The summed E-state index contributed by atoms with van der Waals surface area (Å²) in [6.07, 6.45) is 0. The minimum atomic E-state index is -0.700. The summed E-state index contributed by atoms with van der Waals surface area (Å²) in [6, 6.07) is 18.7. The Bertz CT molecular complexity index is 863. The van der Waals surface area contributed by atoms with E-state index in [1.54, 1.807) is 0 Å². The summed E-state index contributed by atoms with van der Waals surface area (Å²) in [5, 5.41) is 4.81. The largest absolute Gasteiger partial charge is 0.317 e. The molecule has 0 spiro atoms. The lowest BCUT2D eigenvalue weighted by Crippen LogP contribution is -2.39. The number of benzene rings is 2. The molecule has 6 heteroatoms. The van der Waals surface area contributed by atoms with Crippen molar-refractivity contribution in [3.63, 3.8) is 0 Å². The van der Waals surface area contributed by atoms with Gasteiger partial charge in [0.1, 0.15) is 0 Å². The Labute approximate surface area is 149 Å². The molecule has 2 amide bonds. The van der Waals surface area contributed by atoms with E-state index < -0.39 is 11.8 Å². The van der Waals surface area contributed by atoms with Crippen molar-refractivity contribution >= 4 is 34.0 Å². The number of thiazole rings is 1. The van der Waals surface area contributed by atoms with E-state index >= 15 is 0 Å². The van der Waals surface area contributed by atoms with Gasteiger partial charge in [-0.15, -0.1) is 11.3 Å². The maximum Gasteiger partial charge on any atom is 0.317 e. The van der Waals surface area contributed by atoms with Crippen molar-refractivity contribution < 1.29 is 9.59 Å². The third kappa shape index (κ3) is 4.30. The molecule has 3 aromatic rings. The smallest absolute Gasteiger partial charge is 0.300 e. The van der Waals surface area contributed by atoms with E-state index in [1.807, 2.05) is 73.0 Å². The van der Waals surface area contributed by atoms with E-state index in [2.05, 4.69) is 10.3 Å². The zero-order valence-corrected chi connectivity index (χ0v) is 14.5. The number of nitrogens with zero attached hydrogens (tertiary/aromatic N) is 2. The number of amides is 2. The van der Waals surface area contributed by atoms with Crippen LogP contribution in [0.5, 0.6) is 0 Å². The third-order valence-electron chi connectivity index (χ3n) is 3.53. The van der Waals surface area contributed by atoms with E-state index in [4.69, 9.17) is 0 Å². The van der Waals surface area contributed by atoms with Crippen molar-refractivity contribution in [2.24, 2.45) is 0 Å². The van der Waals surface area contributed by atoms with Crippen LogP contribution in [0.15, 0.2) is 66.0 Å². The van der Waals surface area contributed by atoms with E-state index in [9.17, 15) is 9.59 Å². The fourth-order valence-electron chi connectivity index (χ4n) is 2.34. The van der Waals surface area contributed by atoms with E-state index in [1.165, 1.54) is 16.2 Å². The number of para-hydroxylation sites is 1. The Hall–Kier alpha value is -2.99. The van der Waals surface area contributed by atoms with Crippen molar-refractivity contribution in [3.05, 3.63) is 77.3 Å². The van der Waals surface area contributed by atoms with Crippen molar-refractivity contribution in [3.8, 4) is 0 Å². The minimum absolute atomic E-state index is 0.313. The second-order valence-corrected chi connectivity index (χ2v) is 6.32. The summed E-state index contributed by atoms with van der Waals surface area (Å²) < 4.78 is 0. The van der Waals surface area contributed by atoms with Gasteiger partial charge in [-0.25, -0.2) is 4.98 Å². The van der Waals surface area contributed by atoms with Gasteiger partial charge in [0, 0.05) is 11.1 Å². The highest BCUT2D eigenvalue weighted by Gasteiger charge is 2.24. The van der Waals surface area contributed by atoms with E-state index in [-0.39, 0.29) is 0 Å². The number of aromatic nitrogens is 1. The Morgan fingerprint density at radius 1 is 1.04 bits per heavy atom. The molecule has 0 saturated heterocycles. The van der Waals surface area contributed by atoms with E-state index in [0.717, 1.165) is 11.3 Å². The number of carbonyl (C=O) groups is 2. The lowest BCUT2D eigenvalue weighted by Gasteiger charge is -2.22. The van der Waals surface area contributed by atoms with Crippen LogP contribution >= 0.6 is 11.3 Å². The maximum atomic E-state index is 12.7. The zero-order chi connectivity index (χ0) is 17.6. The summed E-state index contributed by atoms with van der Waals surface area (Å²) in [5.41, 5.74) is 2.41. The van der Waals surface area contributed by atoms with Crippen molar-refractivity contribution in [2.75, 3.05) is 10.2 Å². The van der Waals surface area contributed by atoms with Crippen molar-refractivity contribution in [1.82, 2.24) is 4.98 Å². The number of carbonyl (C=O) groups excluding carboxylic acids is 2. The average Bonchev–Trinajstić information content (AvgIpc) is 3.05. The predicted molar refractivity (Wildman–Crippen MR) is 99.6 cm³/mol. The molecule has 0 aliphatic carbocycles. The summed E-state index contributed by atoms with van der Waals surface area (Å²) >= 11 is 1.29. The number of hydrogen-bond donors (Lipinski definition) is 1. The number of nitrogens with one attached hydrogen (secondary N) is 1. The molecule has 1 heterocycles. The Kier molecular flexibility index (Phi) is 5.20. The molecule has 0 bridgehead atoms. The second kappa shape index (κ2) is 7.72. The van der Waals surface area contributed by atoms with Gasteiger partial charge >= 0.3 is 11.8 Å². The van der Waals surface area contributed by atoms with Gasteiger partial charge in [0.15, 0.2) is 5.13 Å². The standard InChI is InChI=1S/C19H17N3O2S/c1-14-13-25-19(20-14)21-17(23)18(24)22(16-10-6-3-7-11-16)12-15-8-4-2-5-9-15/h2-11,13H,12H2,1H3,(H,20,21,23). The van der Waals surface area contributed by atoms with E-state index in [0.29, 0.717) is 17.4 Å². The Balaban J connectivity index is 1.82. The number of hydrogen-bond acceptors (Lipinski definition) is 4. The molecular formula is C19H17N3O2S. The van der Waals surface area contributed by atoms with Gasteiger partial charge in [-0.3, -0.25) is 19.8 Å². The van der Waals surface area contributed by atoms with Gasteiger partial charge in [-0.05, 0) is 24.6 Å². The van der Waals surface area contributed by atoms with Crippen LogP contribution in [0.3, 0.4) is 0 Å². The molecule has 0 fully saturated rings. The molecule has 0 radical (unpaired) electrons. The Morgan fingerprint density at radius 3 is 2.28 bits per heavy atom. The summed E-state index contributed by atoms with van der Waals surface area (Å²) in [6.45, 7) is 2.15. The number of rotatable bonds is 4. The molecule has 0 unspecified atom stereocenters. The summed E-state index contributed by atoms with van der Waals surface area (Å²) in [5.74, 6) is -1.32. The maximum absolute atomic E-state index is 12.7. The average molecular weight is 351 g/mol. The van der Waals surface area contributed by atoms with Crippen molar-refractivity contribution in [1.29, 1.82) is 0 Å². The van der Waals surface area contributed by atoms with Gasteiger partial charge in [-0.2, -0.15) is 0 Å². The molecule has 0 aliphatic rings. The first-order valence-corrected chi connectivity index (χ1v) is 8.65. The monoisotopic (exact) mass is 351 g/mol. The fourth-order valence-corrected chi connectivity index (χ4v) is 3.02. The van der Waals surface area contributed by atoms with Gasteiger partial charge in [0.25, 0.3) is 0 Å².